The molecule has 1 amide bonds. The van der Waals surface area contributed by atoms with E-state index in [0.717, 1.165) is 36.3 Å². The van der Waals surface area contributed by atoms with Crippen molar-refractivity contribution in [3.8, 4) is 0 Å². The van der Waals surface area contributed by atoms with Gasteiger partial charge in [0.25, 0.3) is 5.91 Å². The normalized spacial score (nSPS) is 19.6. The highest BCUT2D eigenvalue weighted by Crippen LogP contribution is 2.17. The molecule has 0 spiro atoms. The smallest absolute Gasteiger partial charge is 0.257 e. The minimum atomic E-state index is 0. The van der Waals surface area contributed by atoms with Gasteiger partial charge in [-0.25, -0.2) is 0 Å². The van der Waals surface area contributed by atoms with Crippen molar-refractivity contribution in [1.29, 1.82) is 0 Å². The predicted octanol–water partition coefficient (Wildman–Crippen LogP) is 1.02. The molecule has 0 unspecified atom stereocenters. The fraction of sp³-hybridized carbons (Fsp3) is 0.667. The molecule has 2 heterocycles. The van der Waals surface area contributed by atoms with Crippen LogP contribution in [-0.2, 0) is 7.05 Å². The first-order chi connectivity index (χ1) is 8.00. The number of carbonyl (C=O) groups is 1. The molecule has 5 nitrogen and oxygen atoms in total. The summed E-state index contributed by atoms with van der Waals surface area (Å²) in [5.74, 6) is 0.0725. The van der Waals surface area contributed by atoms with E-state index in [1.807, 2.05) is 25.8 Å². The van der Waals surface area contributed by atoms with Crippen molar-refractivity contribution in [2.75, 3.05) is 13.1 Å². The molecule has 0 bridgehead atoms. The molecule has 1 aromatic rings. The Balaban J connectivity index is 0.00000162. The van der Waals surface area contributed by atoms with Crippen molar-refractivity contribution in [3.05, 3.63) is 17.0 Å². The molecule has 2 N–H and O–H groups in total. The molecule has 0 aliphatic carbocycles. The Labute approximate surface area is 114 Å². The van der Waals surface area contributed by atoms with Gasteiger partial charge in [0.1, 0.15) is 0 Å². The van der Waals surface area contributed by atoms with Crippen LogP contribution in [0, 0.1) is 13.8 Å². The van der Waals surface area contributed by atoms with Gasteiger partial charge < -0.3 is 10.6 Å². The van der Waals surface area contributed by atoms with E-state index in [-0.39, 0.29) is 24.4 Å². The van der Waals surface area contributed by atoms with Crippen LogP contribution in [0.3, 0.4) is 0 Å². The second-order valence-corrected chi connectivity index (χ2v) is 4.82. The zero-order valence-electron chi connectivity index (χ0n) is 11.1. The molecule has 2 rings (SSSR count). The third kappa shape index (κ3) is 2.67. The van der Waals surface area contributed by atoms with E-state index in [2.05, 4.69) is 5.10 Å². The molecule has 102 valence electrons. The maximum Gasteiger partial charge on any atom is 0.257 e. The van der Waals surface area contributed by atoms with Gasteiger partial charge >= 0.3 is 0 Å². The standard InChI is InChI=1S/C12H20N4O.ClH/c1-8-11(9(2)15(3)14-8)12(17)16-6-4-5-10(13)7-16;/h10H,4-7,13H2,1-3H3;1H/t10-;/m1./s1. The Kier molecular flexibility index (Phi) is 4.76. The van der Waals surface area contributed by atoms with E-state index >= 15 is 0 Å². The van der Waals surface area contributed by atoms with Gasteiger partial charge in [0.15, 0.2) is 0 Å². The highest BCUT2D eigenvalue weighted by Gasteiger charge is 2.26. The summed E-state index contributed by atoms with van der Waals surface area (Å²) in [6.07, 6.45) is 2.00. The van der Waals surface area contributed by atoms with Crippen molar-refractivity contribution < 1.29 is 4.79 Å². The first kappa shape index (κ1) is 15.0. The molecule has 0 saturated carbocycles. The lowest BCUT2D eigenvalue weighted by molar-refractivity contribution is 0.0707. The maximum atomic E-state index is 12.4. The number of rotatable bonds is 1. The quantitative estimate of drug-likeness (QED) is 0.830. The number of aromatic nitrogens is 2. The van der Waals surface area contributed by atoms with Crippen molar-refractivity contribution in [1.82, 2.24) is 14.7 Å². The van der Waals surface area contributed by atoms with Crippen LogP contribution in [0.2, 0.25) is 0 Å². The molecule has 1 aliphatic heterocycles. The molecule has 1 saturated heterocycles. The van der Waals surface area contributed by atoms with E-state index in [0.29, 0.717) is 6.54 Å². The summed E-state index contributed by atoms with van der Waals surface area (Å²) in [5.41, 5.74) is 8.37. The summed E-state index contributed by atoms with van der Waals surface area (Å²) in [4.78, 5) is 14.3. The molecule has 6 heteroatoms. The van der Waals surface area contributed by atoms with Crippen LogP contribution in [-0.4, -0.2) is 39.7 Å². The van der Waals surface area contributed by atoms with Gasteiger partial charge in [0.05, 0.1) is 11.3 Å². The SMILES string of the molecule is Cc1nn(C)c(C)c1C(=O)N1CCC[C@@H](N)C1.Cl. The summed E-state index contributed by atoms with van der Waals surface area (Å²) in [6, 6.07) is 0.116. The number of nitrogens with zero attached hydrogens (tertiary/aromatic N) is 3. The lowest BCUT2D eigenvalue weighted by atomic mass is 10.0. The van der Waals surface area contributed by atoms with E-state index in [1.54, 1.807) is 4.68 Å². The summed E-state index contributed by atoms with van der Waals surface area (Å²) >= 11 is 0. The Morgan fingerprint density at radius 2 is 2.11 bits per heavy atom. The highest BCUT2D eigenvalue weighted by molar-refractivity contribution is 5.96. The van der Waals surface area contributed by atoms with Gasteiger partial charge in [-0.15, -0.1) is 12.4 Å². The molecule has 1 atom stereocenters. The second-order valence-electron chi connectivity index (χ2n) is 4.82. The topological polar surface area (TPSA) is 64.2 Å². The van der Waals surface area contributed by atoms with Crippen molar-refractivity contribution in [2.45, 2.75) is 32.7 Å². The lowest BCUT2D eigenvalue weighted by Crippen LogP contribution is -2.46. The Hall–Kier alpha value is -1.07. The van der Waals surface area contributed by atoms with Crippen LogP contribution in [0.1, 0.15) is 34.6 Å². The van der Waals surface area contributed by atoms with E-state index < -0.39 is 0 Å². The summed E-state index contributed by atoms with van der Waals surface area (Å²) in [7, 11) is 1.86. The summed E-state index contributed by atoms with van der Waals surface area (Å²) < 4.78 is 1.76. The van der Waals surface area contributed by atoms with Crippen molar-refractivity contribution >= 4 is 18.3 Å². The van der Waals surface area contributed by atoms with Crippen molar-refractivity contribution in [2.24, 2.45) is 12.8 Å². The van der Waals surface area contributed by atoms with Gasteiger partial charge in [0, 0.05) is 31.9 Å². The fourth-order valence-corrected chi connectivity index (χ4v) is 2.44. The van der Waals surface area contributed by atoms with Crippen LogP contribution in [0.5, 0.6) is 0 Å². The van der Waals surface area contributed by atoms with Crippen LogP contribution >= 0.6 is 12.4 Å². The average molecular weight is 273 g/mol. The van der Waals surface area contributed by atoms with E-state index in [1.165, 1.54) is 0 Å². The number of carbonyl (C=O) groups excluding carboxylic acids is 1. The number of piperidine rings is 1. The maximum absolute atomic E-state index is 12.4. The van der Waals surface area contributed by atoms with Crippen molar-refractivity contribution in [3.63, 3.8) is 0 Å². The molecular formula is C12H21ClN4O. The number of aryl methyl sites for hydroxylation is 2. The molecule has 0 aromatic carbocycles. The van der Waals surface area contributed by atoms with Crippen LogP contribution in [0.15, 0.2) is 0 Å². The Morgan fingerprint density at radius 3 is 2.61 bits per heavy atom. The van der Waals surface area contributed by atoms with Crippen LogP contribution < -0.4 is 5.73 Å². The minimum Gasteiger partial charge on any atom is -0.337 e. The van der Waals surface area contributed by atoms with Crippen LogP contribution in [0.4, 0.5) is 0 Å². The molecule has 0 radical (unpaired) electrons. The fourth-order valence-electron chi connectivity index (χ4n) is 2.44. The Bertz CT molecular complexity index is 444. The van der Waals surface area contributed by atoms with Gasteiger partial charge in [-0.05, 0) is 26.7 Å². The first-order valence-electron chi connectivity index (χ1n) is 6.05. The Morgan fingerprint density at radius 1 is 1.44 bits per heavy atom. The number of amides is 1. The number of hydrogen-bond donors (Lipinski definition) is 1. The largest absolute Gasteiger partial charge is 0.337 e. The average Bonchev–Trinajstić information content (AvgIpc) is 2.52. The second kappa shape index (κ2) is 5.71. The third-order valence-corrected chi connectivity index (χ3v) is 3.47. The number of halogens is 1. The predicted molar refractivity (Wildman–Crippen MR) is 73.0 cm³/mol. The highest BCUT2D eigenvalue weighted by atomic mass is 35.5. The summed E-state index contributed by atoms with van der Waals surface area (Å²) in [6.45, 7) is 5.27. The summed E-state index contributed by atoms with van der Waals surface area (Å²) in [5, 5.41) is 4.28. The van der Waals surface area contributed by atoms with Gasteiger partial charge in [-0.3, -0.25) is 9.48 Å². The van der Waals surface area contributed by atoms with Crippen LogP contribution in [0.25, 0.3) is 0 Å². The molecule has 18 heavy (non-hydrogen) atoms. The van der Waals surface area contributed by atoms with Gasteiger partial charge in [0.2, 0.25) is 0 Å². The molecule has 1 fully saturated rings. The number of nitrogens with two attached hydrogens (primary N) is 1. The monoisotopic (exact) mass is 272 g/mol. The van der Waals surface area contributed by atoms with Gasteiger partial charge in [-0.2, -0.15) is 5.10 Å². The number of hydrogen-bond acceptors (Lipinski definition) is 3. The minimum absolute atomic E-state index is 0. The molecular weight excluding hydrogens is 252 g/mol. The van der Waals surface area contributed by atoms with Gasteiger partial charge in [-0.1, -0.05) is 0 Å². The number of likely N-dealkylation sites (tertiary alicyclic amines) is 1. The first-order valence-corrected chi connectivity index (χ1v) is 6.05. The lowest BCUT2D eigenvalue weighted by Gasteiger charge is -2.30. The zero-order valence-corrected chi connectivity index (χ0v) is 12.0. The third-order valence-electron chi connectivity index (χ3n) is 3.47. The zero-order chi connectivity index (χ0) is 12.6. The molecule has 1 aliphatic rings. The molecule has 1 aromatic heterocycles. The van der Waals surface area contributed by atoms with E-state index in [4.69, 9.17) is 5.73 Å². The van der Waals surface area contributed by atoms with E-state index in [9.17, 15) is 4.79 Å².